The van der Waals surface area contributed by atoms with Crippen molar-refractivity contribution in [1.29, 1.82) is 0 Å². The first kappa shape index (κ1) is 9.57. The van der Waals surface area contributed by atoms with Gasteiger partial charge in [-0.25, -0.2) is 0 Å². The maximum Gasteiger partial charge on any atom is 0.315 e. The van der Waals surface area contributed by atoms with E-state index in [0.29, 0.717) is 24.7 Å². The summed E-state index contributed by atoms with van der Waals surface area (Å²) in [4.78, 5) is 10.2. The second-order valence-electron chi connectivity index (χ2n) is 2.90. The number of ether oxygens (including phenoxy) is 3. The lowest BCUT2D eigenvalue weighted by atomic mass is 10.2. The van der Waals surface area contributed by atoms with Crippen molar-refractivity contribution in [2.75, 3.05) is 20.3 Å². The SMILES string of the molecule is COc1ccc([N+](=O)[O-])c2c1OCCO2. The van der Waals surface area contributed by atoms with Crippen molar-refractivity contribution in [2.45, 2.75) is 0 Å². The van der Waals surface area contributed by atoms with Crippen molar-refractivity contribution in [3.05, 3.63) is 22.2 Å². The number of nitrogens with zero attached hydrogens (tertiary/aromatic N) is 1. The van der Waals surface area contributed by atoms with Crippen LogP contribution in [0.25, 0.3) is 0 Å². The third-order valence-electron chi connectivity index (χ3n) is 2.05. The van der Waals surface area contributed by atoms with Crippen LogP contribution in [0.4, 0.5) is 5.69 Å². The molecule has 1 aliphatic heterocycles. The van der Waals surface area contributed by atoms with Gasteiger partial charge in [0.05, 0.1) is 12.0 Å². The van der Waals surface area contributed by atoms with Crippen LogP contribution in [0.15, 0.2) is 12.1 Å². The predicted molar refractivity (Wildman–Crippen MR) is 50.6 cm³/mol. The minimum absolute atomic E-state index is 0.106. The molecule has 15 heavy (non-hydrogen) atoms. The van der Waals surface area contributed by atoms with Crippen molar-refractivity contribution in [3.63, 3.8) is 0 Å². The van der Waals surface area contributed by atoms with E-state index in [1.165, 1.54) is 19.2 Å². The van der Waals surface area contributed by atoms with Crippen LogP contribution < -0.4 is 14.2 Å². The average Bonchev–Trinajstić information content (AvgIpc) is 2.27. The van der Waals surface area contributed by atoms with Gasteiger partial charge >= 0.3 is 5.69 Å². The normalized spacial score (nSPS) is 13.4. The Morgan fingerprint density at radius 2 is 2.00 bits per heavy atom. The van der Waals surface area contributed by atoms with E-state index in [9.17, 15) is 10.1 Å². The zero-order chi connectivity index (χ0) is 10.8. The molecule has 0 N–H and O–H groups in total. The molecule has 1 heterocycles. The van der Waals surface area contributed by atoms with Gasteiger partial charge in [-0.05, 0) is 6.07 Å². The zero-order valence-electron chi connectivity index (χ0n) is 8.06. The van der Waals surface area contributed by atoms with Crippen LogP contribution in [0, 0.1) is 10.1 Å². The number of fused-ring (bicyclic) bond motifs is 1. The molecule has 0 amide bonds. The fourth-order valence-corrected chi connectivity index (χ4v) is 1.40. The second-order valence-corrected chi connectivity index (χ2v) is 2.90. The fraction of sp³-hybridized carbons (Fsp3) is 0.333. The quantitative estimate of drug-likeness (QED) is 0.545. The maximum absolute atomic E-state index is 10.7. The summed E-state index contributed by atoms with van der Waals surface area (Å²) in [5.74, 6) is 0.888. The van der Waals surface area contributed by atoms with Crippen molar-refractivity contribution >= 4 is 5.69 Å². The van der Waals surface area contributed by atoms with Crippen molar-refractivity contribution in [1.82, 2.24) is 0 Å². The molecule has 0 aliphatic carbocycles. The van der Waals surface area contributed by atoms with Gasteiger partial charge in [0.15, 0.2) is 5.75 Å². The monoisotopic (exact) mass is 211 g/mol. The third-order valence-corrected chi connectivity index (χ3v) is 2.05. The minimum atomic E-state index is -0.507. The number of benzene rings is 1. The summed E-state index contributed by atoms with van der Waals surface area (Å²) in [6, 6.07) is 2.83. The smallest absolute Gasteiger partial charge is 0.315 e. The summed E-state index contributed by atoms with van der Waals surface area (Å²) in [6.45, 7) is 0.672. The van der Waals surface area contributed by atoms with E-state index in [-0.39, 0.29) is 11.4 Å². The van der Waals surface area contributed by atoms with Gasteiger partial charge in [-0.1, -0.05) is 0 Å². The van der Waals surface area contributed by atoms with Crippen molar-refractivity contribution < 1.29 is 19.1 Å². The highest BCUT2D eigenvalue weighted by Crippen LogP contribution is 2.45. The largest absolute Gasteiger partial charge is 0.493 e. The molecule has 0 spiro atoms. The predicted octanol–water partition coefficient (Wildman–Crippen LogP) is 1.37. The molecule has 0 aromatic heterocycles. The van der Waals surface area contributed by atoms with E-state index in [1.807, 2.05) is 0 Å². The Hall–Kier alpha value is -1.98. The Morgan fingerprint density at radius 3 is 2.60 bits per heavy atom. The van der Waals surface area contributed by atoms with Crippen LogP contribution in [0.5, 0.6) is 17.2 Å². The molecule has 1 aromatic carbocycles. The Labute approximate surface area is 85.5 Å². The Balaban J connectivity index is 2.57. The number of hydrogen-bond donors (Lipinski definition) is 0. The molecule has 80 valence electrons. The first-order valence-corrected chi connectivity index (χ1v) is 4.35. The second kappa shape index (κ2) is 3.64. The van der Waals surface area contributed by atoms with Crippen LogP contribution in [-0.4, -0.2) is 25.2 Å². The van der Waals surface area contributed by atoms with E-state index in [2.05, 4.69) is 0 Å². The Kier molecular flexibility index (Phi) is 2.32. The molecule has 1 aliphatic rings. The number of nitro benzene ring substituents is 1. The van der Waals surface area contributed by atoms with Gasteiger partial charge in [-0.2, -0.15) is 0 Å². The maximum atomic E-state index is 10.7. The molecule has 6 heteroatoms. The van der Waals surface area contributed by atoms with E-state index >= 15 is 0 Å². The van der Waals surface area contributed by atoms with Crippen molar-refractivity contribution in [3.8, 4) is 17.2 Å². The van der Waals surface area contributed by atoms with E-state index in [1.54, 1.807) is 0 Å². The van der Waals surface area contributed by atoms with Gasteiger partial charge in [-0.3, -0.25) is 10.1 Å². The standard InChI is InChI=1S/C9H9NO5/c1-13-7-3-2-6(10(11)12)8-9(7)15-5-4-14-8/h2-3H,4-5H2,1H3. The lowest BCUT2D eigenvalue weighted by molar-refractivity contribution is -0.386. The minimum Gasteiger partial charge on any atom is -0.493 e. The molecule has 0 bridgehead atoms. The highest BCUT2D eigenvalue weighted by Gasteiger charge is 2.27. The topological polar surface area (TPSA) is 70.8 Å². The molecule has 1 aromatic rings. The van der Waals surface area contributed by atoms with Crippen molar-refractivity contribution in [2.24, 2.45) is 0 Å². The summed E-state index contributed by atoms with van der Waals surface area (Å²) in [7, 11) is 1.47. The lowest BCUT2D eigenvalue weighted by Crippen LogP contribution is -2.17. The molecule has 0 radical (unpaired) electrons. The summed E-state index contributed by atoms with van der Waals surface area (Å²) < 4.78 is 15.5. The van der Waals surface area contributed by atoms with E-state index in [0.717, 1.165) is 0 Å². The van der Waals surface area contributed by atoms with E-state index in [4.69, 9.17) is 14.2 Å². The highest BCUT2D eigenvalue weighted by atomic mass is 16.6. The molecule has 0 unspecified atom stereocenters. The highest BCUT2D eigenvalue weighted by molar-refractivity contribution is 5.62. The molecule has 0 atom stereocenters. The first-order chi connectivity index (χ1) is 7.24. The lowest BCUT2D eigenvalue weighted by Gasteiger charge is -2.19. The average molecular weight is 211 g/mol. The van der Waals surface area contributed by atoms with E-state index < -0.39 is 4.92 Å². The first-order valence-electron chi connectivity index (χ1n) is 4.35. The summed E-state index contributed by atoms with van der Waals surface area (Å²) in [6.07, 6.45) is 0. The van der Waals surface area contributed by atoms with Crippen LogP contribution in [-0.2, 0) is 0 Å². The fourth-order valence-electron chi connectivity index (χ4n) is 1.40. The number of methoxy groups -OCH3 is 1. The Bertz CT molecular complexity index is 404. The molecule has 6 nitrogen and oxygen atoms in total. The Morgan fingerprint density at radius 1 is 1.33 bits per heavy atom. The molecular formula is C9H9NO5. The summed E-state index contributed by atoms with van der Waals surface area (Å²) >= 11 is 0. The molecule has 0 saturated heterocycles. The van der Waals surface area contributed by atoms with Crippen LogP contribution in [0.3, 0.4) is 0 Å². The molecule has 2 rings (SSSR count). The zero-order valence-corrected chi connectivity index (χ0v) is 8.06. The molecular weight excluding hydrogens is 202 g/mol. The summed E-state index contributed by atoms with van der Waals surface area (Å²) in [5.41, 5.74) is -0.106. The van der Waals surface area contributed by atoms with Gasteiger partial charge in [0.25, 0.3) is 0 Å². The van der Waals surface area contributed by atoms with Gasteiger partial charge < -0.3 is 14.2 Å². The third kappa shape index (κ3) is 1.54. The number of hydrogen-bond acceptors (Lipinski definition) is 5. The number of nitro groups is 1. The molecule has 0 fully saturated rings. The van der Waals surface area contributed by atoms with Gasteiger partial charge in [0, 0.05) is 6.07 Å². The molecule has 0 saturated carbocycles. The van der Waals surface area contributed by atoms with Crippen LogP contribution >= 0.6 is 0 Å². The van der Waals surface area contributed by atoms with Gasteiger partial charge in [0.2, 0.25) is 11.5 Å². The van der Waals surface area contributed by atoms with Crippen LogP contribution in [0.2, 0.25) is 0 Å². The number of rotatable bonds is 2. The van der Waals surface area contributed by atoms with Crippen LogP contribution in [0.1, 0.15) is 0 Å². The summed E-state index contributed by atoms with van der Waals surface area (Å²) in [5, 5.41) is 10.7. The van der Waals surface area contributed by atoms with Gasteiger partial charge in [0.1, 0.15) is 13.2 Å². The van der Waals surface area contributed by atoms with Gasteiger partial charge in [-0.15, -0.1) is 0 Å².